The molecule has 0 aromatic heterocycles. The second-order valence-electron chi connectivity index (χ2n) is 6.29. The van der Waals surface area contributed by atoms with Gasteiger partial charge in [-0.15, -0.1) is 0 Å². The van der Waals surface area contributed by atoms with Crippen molar-refractivity contribution in [1.29, 1.82) is 0 Å². The number of nitrogens with zero attached hydrogens (tertiary/aromatic N) is 1. The maximum absolute atomic E-state index is 12.3. The molecule has 23 heavy (non-hydrogen) atoms. The van der Waals surface area contributed by atoms with Crippen LogP contribution in [0.4, 0.5) is 0 Å². The second-order valence-corrected chi connectivity index (χ2v) is 6.29. The second kappa shape index (κ2) is 5.09. The fourth-order valence-corrected chi connectivity index (χ4v) is 3.84. The van der Waals surface area contributed by atoms with Gasteiger partial charge in [-0.1, -0.05) is 12.1 Å². The maximum Gasteiger partial charge on any atom is 0.352 e. The summed E-state index contributed by atoms with van der Waals surface area (Å²) >= 11 is 0. The lowest BCUT2D eigenvalue weighted by Gasteiger charge is -2.53. The van der Waals surface area contributed by atoms with Crippen molar-refractivity contribution in [2.24, 2.45) is 5.92 Å². The molecule has 0 bridgehead atoms. The number of aliphatic hydroxyl groups excluding tert-OH is 1. The normalized spacial score (nSPS) is 27.6. The zero-order valence-electron chi connectivity index (χ0n) is 13.2. The highest BCUT2D eigenvalue weighted by atomic mass is 16.5. The van der Waals surface area contributed by atoms with Crippen molar-refractivity contribution in [1.82, 2.24) is 4.90 Å². The number of carboxylic acids is 1. The molecule has 0 unspecified atom stereocenters. The van der Waals surface area contributed by atoms with E-state index in [1.165, 1.54) is 4.90 Å². The molecule has 1 saturated heterocycles. The number of amides is 1. The van der Waals surface area contributed by atoms with Gasteiger partial charge in [-0.25, -0.2) is 4.79 Å². The van der Waals surface area contributed by atoms with Crippen molar-refractivity contribution in [3.8, 4) is 5.75 Å². The van der Waals surface area contributed by atoms with E-state index in [4.69, 9.17) is 4.74 Å². The number of carbonyl (C=O) groups excluding carboxylic acids is 1. The van der Waals surface area contributed by atoms with Crippen molar-refractivity contribution < 1.29 is 24.5 Å². The van der Waals surface area contributed by atoms with Crippen LogP contribution in [0, 0.1) is 5.92 Å². The van der Waals surface area contributed by atoms with Crippen molar-refractivity contribution >= 4 is 17.4 Å². The first-order valence-corrected chi connectivity index (χ1v) is 7.44. The Hall–Kier alpha value is -2.34. The minimum Gasteiger partial charge on any atom is -0.497 e. The predicted octanol–water partition coefficient (Wildman–Crippen LogP) is 1.49. The number of β-lactam (4-membered cyclic amide) rings is 1. The van der Waals surface area contributed by atoms with E-state index in [1.54, 1.807) is 38.3 Å². The molecule has 0 saturated carbocycles. The summed E-state index contributed by atoms with van der Waals surface area (Å²) in [5, 5.41) is 19.5. The molecule has 6 nitrogen and oxygen atoms in total. The number of carboxylic acid groups (broad SMARTS) is 1. The van der Waals surface area contributed by atoms with Crippen LogP contribution in [0.15, 0.2) is 30.0 Å². The molecule has 1 amide bonds. The van der Waals surface area contributed by atoms with E-state index in [0.717, 1.165) is 5.56 Å². The number of rotatable bonds is 4. The number of hydrogen-bond acceptors (Lipinski definition) is 4. The minimum atomic E-state index is -1.13. The lowest BCUT2D eigenvalue weighted by atomic mass is 9.70. The average molecular weight is 317 g/mol. The Morgan fingerprint density at radius 2 is 2.00 bits per heavy atom. The first kappa shape index (κ1) is 15.6. The van der Waals surface area contributed by atoms with E-state index in [-0.39, 0.29) is 11.6 Å². The Morgan fingerprint density at radius 1 is 1.39 bits per heavy atom. The van der Waals surface area contributed by atoms with Gasteiger partial charge in [0.1, 0.15) is 11.4 Å². The van der Waals surface area contributed by atoms with Gasteiger partial charge in [-0.05, 0) is 43.5 Å². The highest BCUT2D eigenvalue weighted by Crippen LogP contribution is 2.54. The molecule has 1 fully saturated rings. The van der Waals surface area contributed by atoms with E-state index in [2.05, 4.69) is 0 Å². The molecule has 3 atom stereocenters. The number of hydrogen-bond donors (Lipinski definition) is 2. The summed E-state index contributed by atoms with van der Waals surface area (Å²) < 4.78 is 5.12. The number of benzene rings is 1. The number of methoxy groups -OCH3 is 1. The summed E-state index contributed by atoms with van der Waals surface area (Å²) in [6.07, 6.45) is -0.406. The Bertz CT molecular complexity index is 706. The van der Waals surface area contributed by atoms with Crippen molar-refractivity contribution in [2.75, 3.05) is 7.11 Å². The minimum absolute atomic E-state index is 0.0135. The molecule has 3 rings (SSSR count). The van der Waals surface area contributed by atoms with Gasteiger partial charge in [0.15, 0.2) is 0 Å². The van der Waals surface area contributed by atoms with Gasteiger partial charge in [0.2, 0.25) is 5.91 Å². The lowest BCUT2D eigenvalue weighted by Crippen LogP contribution is -2.69. The standard InChI is InChI=1S/C17H19NO5/c1-9(19)13-15(20)18-14(16(21)22)12(8-17(13,18)2)10-4-6-11(23-3)7-5-10/h4-7,9,13,19H,8H2,1-3H3,(H,21,22)/t9-,13-,17+/m0/s1. The molecule has 0 aliphatic carbocycles. The zero-order valence-corrected chi connectivity index (χ0v) is 13.2. The number of aliphatic carboxylic acids is 1. The number of ether oxygens (including phenoxy) is 1. The van der Waals surface area contributed by atoms with E-state index >= 15 is 0 Å². The summed E-state index contributed by atoms with van der Waals surface area (Å²) in [5.74, 6) is -1.36. The summed E-state index contributed by atoms with van der Waals surface area (Å²) in [5.41, 5.74) is 0.684. The maximum atomic E-state index is 12.3. The Morgan fingerprint density at radius 3 is 2.48 bits per heavy atom. The van der Waals surface area contributed by atoms with Gasteiger partial charge in [-0.2, -0.15) is 0 Å². The van der Waals surface area contributed by atoms with Gasteiger partial charge in [0, 0.05) is 0 Å². The molecule has 2 N–H and O–H groups in total. The van der Waals surface area contributed by atoms with E-state index in [1.807, 2.05) is 6.92 Å². The highest BCUT2D eigenvalue weighted by molar-refractivity contribution is 6.07. The van der Waals surface area contributed by atoms with E-state index in [9.17, 15) is 19.8 Å². The summed E-state index contributed by atoms with van der Waals surface area (Å²) in [6, 6.07) is 7.09. The van der Waals surface area contributed by atoms with Crippen LogP contribution in [0.1, 0.15) is 25.8 Å². The fraction of sp³-hybridized carbons (Fsp3) is 0.412. The predicted molar refractivity (Wildman–Crippen MR) is 82.6 cm³/mol. The first-order valence-electron chi connectivity index (χ1n) is 7.44. The van der Waals surface area contributed by atoms with Gasteiger partial charge < -0.3 is 14.9 Å². The van der Waals surface area contributed by atoms with Crippen LogP contribution in [-0.2, 0) is 9.59 Å². The van der Waals surface area contributed by atoms with Crippen molar-refractivity contribution in [2.45, 2.75) is 31.9 Å². The van der Waals surface area contributed by atoms with Crippen molar-refractivity contribution in [3.05, 3.63) is 35.5 Å². The fourth-order valence-electron chi connectivity index (χ4n) is 3.84. The van der Waals surface area contributed by atoms with Crippen LogP contribution in [0.5, 0.6) is 5.75 Å². The molecule has 2 aliphatic rings. The number of aliphatic hydroxyl groups is 1. The van der Waals surface area contributed by atoms with Crippen LogP contribution in [0.25, 0.3) is 5.57 Å². The monoisotopic (exact) mass is 317 g/mol. The highest BCUT2D eigenvalue weighted by Gasteiger charge is 2.64. The molecule has 6 heteroatoms. The number of fused-ring (bicyclic) bond motifs is 1. The molecule has 2 heterocycles. The third kappa shape index (κ3) is 2.05. The Kier molecular flexibility index (Phi) is 3.44. The molecule has 0 spiro atoms. The summed E-state index contributed by atoms with van der Waals surface area (Å²) in [6.45, 7) is 3.39. The summed E-state index contributed by atoms with van der Waals surface area (Å²) in [4.78, 5) is 25.4. The Balaban J connectivity index is 2.06. The molecule has 0 radical (unpaired) electrons. The molecule has 1 aromatic rings. The quantitative estimate of drug-likeness (QED) is 0.822. The molecular formula is C17H19NO5. The third-order valence-corrected chi connectivity index (χ3v) is 4.83. The third-order valence-electron chi connectivity index (χ3n) is 4.83. The van der Waals surface area contributed by atoms with Crippen LogP contribution in [-0.4, -0.2) is 45.7 Å². The SMILES string of the molecule is COc1ccc(C2=C(C(=O)O)N3C(=O)[C@H]([C@H](C)O)[C@@]3(C)C2)cc1. The van der Waals surface area contributed by atoms with Crippen molar-refractivity contribution in [3.63, 3.8) is 0 Å². The van der Waals surface area contributed by atoms with Crippen LogP contribution >= 0.6 is 0 Å². The van der Waals surface area contributed by atoms with Crippen LogP contribution in [0.2, 0.25) is 0 Å². The molecule has 122 valence electrons. The van der Waals surface area contributed by atoms with E-state index < -0.39 is 23.5 Å². The van der Waals surface area contributed by atoms with Crippen LogP contribution < -0.4 is 4.74 Å². The van der Waals surface area contributed by atoms with Gasteiger partial charge in [0.05, 0.1) is 24.7 Å². The molecular weight excluding hydrogens is 298 g/mol. The molecule has 2 aliphatic heterocycles. The zero-order chi connectivity index (χ0) is 16.9. The Labute approximate surface area is 134 Å². The van der Waals surface area contributed by atoms with E-state index in [0.29, 0.717) is 17.7 Å². The lowest BCUT2D eigenvalue weighted by molar-refractivity contribution is -0.173. The topological polar surface area (TPSA) is 87.1 Å². The van der Waals surface area contributed by atoms with Gasteiger partial charge in [0.25, 0.3) is 0 Å². The average Bonchev–Trinajstić information content (AvgIpc) is 2.76. The number of carbonyl (C=O) groups is 2. The van der Waals surface area contributed by atoms with Gasteiger partial charge >= 0.3 is 5.97 Å². The summed E-state index contributed by atoms with van der Waals surface area (Å²) in [7, 11) is 1.56. The largest absolute Gasteiger partial charge is 0.497 e. The van der Waals surface area contributed by atoms with Gasteiger partial charge in [-0.3, -0.25) is 9.69 Å². The molecule has 1 aromatic carbocycles. The smallest absolute Gasteiger partial charge is 0.352 e. The first-order chi connectivity index (χ1) is 10.8. The van der Waals surface area contributed by atoms with Crippen LogP contribution in [0.3, 0.4) is 0 Å².